The summed E-state index contributed by atoms with van der Waals surface area (Å²) in [6.07, 6.45) is 3.45. The van der Waals surface area contributed by atoms with E-state index in [9.17, 15) is 4.79 Å². The Bertz CT molecular complexity index is 443. The van der Waals surface area contributed by atoms with Crippen LogP contribution in [0.5, 0.6) is 0 Å². The molecule has 1 saturated heterocycles. The van der Waals surface area contributed by atoms with Crippen molar-refractivity contribution in [1.82, 2.24) is 9.78 Å². The average molecular weight is 252 g/mol. The molecule has 1 aliphatic heterocycles. The summed E-state index contributed by atoms with van der Waals surface area (Å²) in [6, 6.07) is 0.000883. The Hall–Kier alpha value is -1.40. The van der Waals surface area contributed by atoms with E-state index in [1.54, 1.807) is 10.9 Å². The van der Waals surface area contributed by atoms with Crippen LogP contribution in [0.2, 0.25) is 0 Å². The molecule has 100 valence electrons. The van der Waals surface area contributed by atoms with Crippen molar-refractivity contribution in [3.8, 4) is 0 Å². The molecule has 0 bridgehead atoms. The monoisotopic (exact) mass is 252 g/mol. The largest absolute Gasteiger partial charge is 0.379 e. The molecule has 2 unspecified atom stereocenters. The Morgan fingerprint density at radius 3 is 2.94 bits per heavy atom. The molecule has 2 rings (SSSR count). The molecule has 0 radical (unpaired) electrons. The number of hydrogen-bond donors (Lipinski definition) is 2. The van der Waals surface area contributed by atoms with Crippen LogP contribution in [-0.2, 0) is 9.53 Å². The van der Waals surface area contributed by atoms with Crippen LogP contribution in [0.25, 0.3) is 0 Å². The van der Waals surface area contributed by atoms with Crippen molar-refractivity contribution in [2.24, 2.45) is 11.1 Å². The highest BCUT2D eigenvalue weighted by atomic mass is 16.5. The highest BCUT2D eigenvalue weighted by molar-refractivity contribution is 5.95. The second-order valence-corrected chi connectivity index (χ2v) is 5.30. The lowest BCUT2D eigenvalue weighted by atomic mass is 9.85. The number of nitrogens with one attached hydrogen (secondary N) is 1. The lowest BCUT2D eigenvalue weighted by molar-refractivity contribution is -0.125. The van der Waals surface area contributed by atoms with E-state index in [1.807, 2.05) is 27.0 Å². The summed E-state index contributed by atoms with van der Waals surface area (Å²) in [5.41, 5.74) is 5.94. The molecular formula is C12H20N4O2. The van der Waals surface area contributed by atoms with Gasteiger partial charge in [-0.3, -0.25) is 9.48 Å². The van der Waals surface area contributed by atoms with Crippen molar-refractivity contribution >= 4 is 11.6 Å². The number of amides is 1. The first-order valence-corrected chi connectivity index (χ1v) is 6.12. The topological polar surface area (TPSA) is 82.2 Å². The van der Waals surface area contributed by atoms with Gasteiger partial charge in [0.25, 0.3) is 0 Å². The number of anilines is 1. The first-order valence-electron chi connectivity index (χ1n) is 6.12. The summed E-state index contributed by atoms with van der Waals surface area (Å²) in [5.74, 6) is -0.115. The fraction of sp³-hybridized carbons (Fsp3) is 0.667. The summed E-state index contributed by atoms with van der Waals surface area (Å²) >= 11 is 0. The number of aromatic nitrogens is 2. The third-order valence-corrected chi connectivity index (χ3v) is 3.42. The molecule has 1 aliphatic rings. The normalized spacial score (nSPS) is 27.7. The number of hydrogen-bond acceptors (Lipinski definition) is 4. The zero-order valence-electron chi connectivity index (χ0n) is 11.0. The van der Waals surface area contributed by atoms with Crippen LogP contribution in [-0.4, -0.2) is 34.9 Å². The van der Waals surface area contributed by atoms with Crippen molar-refractivity contribution in [3.63, 3.8) is 0 Å². The molecule has 6 heteroatoms. The van der Waals surface area contributed by atoms with Gasteiger partial charge in [-0.15, -0.1) is 0 Å². The molecule has 1 aromatic rings. The van der Waals surface area contributed by atoms with E-state index in [-0.39, 0.29) is 18.0 Å². The minimum atomic E-state index is -0.667. The Morgan fingerprint density at radius 1 is 1.72 bits per heavy atom. The number of rotatable bonds is 3. The first-order chi connectivity index (χ1) is 8.43. The molecule has 1 aromatic heterocycles. The molecule has 2 atom stereocenters. The average Bonchev–Trinajstić information content (AvgIpc) is 2.88. The summed E-state index contributed by atoms with van der Waals surface area (Å²) in [6.45, 7) is 6.67. The third kappa shape index (κ3) is 2.26. The van der Waals surface area contributed by atoms with Crippen molar-refractivity contribution in [2.45, 2.75) is 32.9 Å². The molecule has 0 aliphatic carbocycles. The van der Waals surface area contributed by atoms with E-state index in [1.165, 1.54) is 0 Å². The summed E-state index contributed by atoms with van der Waals surface area (Å²) in [5, 5.41) is 7.02. The van der Waals surface area contributed by atoms with Crippen molar-refractivity contribution < 1.29 is 9.53 Å². The zero-order chi connectivity index (χ0) is 13.3. The number of nitrogens with two attached hydrogens (primary N) is 1. The number of nitrogens with zero attached hydrogens (tertiary/aromatic N) is 2. The third-order valence-electron chi connectivity index (χ3n) is 3.42. The first kappa shape index (κ1) is 13.0. The Balaban J connectivity index is 2.06. The highest BCUT2D eigenvalue weighted by Gasteiger charge is 2.44. The van der Waals surface area contributed by atoms with Gasteiger partial charge in [-0.1, -0.05) is 0 Å². The van der Waals surface area contributed by atoms with Gasteiger partial charge in [0.2, 0.25) is 5.91 Å². The van der Waals surface area contributed by atoms with Crippen LogP contribution in [0.3, 0.4) is 0 Å². The van der Waals surface area contributed by atoms with Gasteiger partial charge in [-0.2, -0.15) is 5.10 Å². The maximum atomic E-state index is 12.2. The second-order valence-electron chi connectivity index (χ2n) is 5.30. The predicted octanol–water partition coefficient (Wildman–Crippen LogP) is 0.766. The van der Waals surface area contributed by atoms with Crippen molar-refractivity contribution in [1.29, 1.82) is 0 Å². The van der Waals surface area contributed by atoms with E-state index >= 15 is 0 Å². The number of carbonyl (C=O) groups is 1. The highest BCUT2D eigenvalue weighted by Crippen LogP contribution is 2.28. The molecule has 0 saturated carbocycles. The van der Waals surface area contributed by atoms with Gasteiger partial charge in [0.15, 0.2) is 0 Å². The second kappa shape index (κ2) is 4.70. The molecule has 1 amide bonds. The van der Waals surface area contributed by atoms with Gasteiger partial charge in [-0.05, 0) is 20.8 Å². The molecule has 1 fully saturated rings. The van der Waals surface area contributed by atoms with E-state index < -0.39 is 5.41 Å². The van der Waals surface area contributed by atoms with Crippen molar-refractivity contribution in [2.75, 3.05) is 18.5 Å². The smallest absolute Gasteiger partial charge is 0.234 e. The summed E-state index contributed by atoms with van der Waals surface area (Å²) in [4.78, 5) is 12.2. The predicted molar refractivity (Wildman–Crippen MR) is 68.1 cm³/mol. The Morgan fingerprint density at radius 2 is 2.44 bits per heavy atom. The Kier molecular flexibility index (Phi) is 3.41. The van der Waals surface area contributed by atoms with Crippen LogP contribution >= 0.6 is 0 Å². The lowest BCUT2D eigenvalue weighted by Gasteiger charge is -2.24. The van der Waals surface area contributed by atoms with E-state index in [0.717, 1.165) is 0 Å². The number of carbonyl (C=O) groups excluding carboxylic acids is 1. The standard InChI is InChI=1S/C12H20N4O2/c1-8(2)16-5-9(4-14-16)15-11(17)12(3)7-18-6-10(12)13/h4-5,8,10H,6-7,13H2,1-3H3,(H,15,17). The maximum absolute atomic E-state index is 12.2. The van der Waals surface area contributed by atoms with Gasteiger partial charge in [0.05, 0.1) is 30.5 Å². The van der Waals surface area contributed by atoms with Gasteiger partial charge < -0.3 is 15.8 Å². The minimum Gasteiger partial charge on any atom is -0.379 e. The fourth-order valence-corrected chi connectivity index (χ4v) is 1.88. The molecule has 18 heavy (non-hydrogen) atoms. The SMILES string of the molecule is CC(C)n1cc(NC(=O)C2(C)COCC2N)cn1. The summed E-state index contributed by atoms with van der Waals surface area (Å²) in [7, 11) is 0. The van der Waals surface area contributed by atoms with Crippen molar-refractivity contribution in [3.05, 3.63) is 12.4 Å². The van der Waals surface area contributed by atoms with Gasteiger partial charge >= 0.3 is 0 Å². The minimum absolute atomic E-state index is 0.115. The lowest BCUT2D eigenvalue weighted by Crippen LogP contribution is -2.47. The molecule has 0 spiro atoms. The van der Waals surface area contributed by atoms with Gasteiger partial charge in [-0.25, -0.2) is 0 Å². The molecule has 3 N–H and O–H groups in total. The quantitative estimate of drug-likeness (QED) is 0.832. The van der Waals surface area contributed by atoms with E-state index in [0.29, 0.717) is 18.9 Å². The van der Waals surface area contributed by atoms with E-state index in [2.05, 4.69) is 10.4 Å². The number of ether oxygens (including phenoxy) is 1. The van der Waals surface area contributed by atoms with Crippen LogP contribution in [0.4, 0.5) is 5.69 Å². The molecule has 0 aromatic carbocycles. The van der Waals surface area contributed by atoms with Crippen LogP contribution in [0.1, 0.15) is 26.8 Å². The molecule has 2 heterocycles. The zero-order valence-corrected chi connectivity index (χ0v) is 11.0. The van der Waals surface area contributed by atoms with Gasteiger partial charge in [0.1, 0.15) is 0 Å². The van der Waals surface area contributed by atoms with Crippen LogP contribution in [0, 0.1) is 5.41 Å². The molecule has 6 nitrogen and oxygen atoms in total. The van der Waals surface area contributed by atoms with Crippen LogP contribution in [0.15, 0.2) is 12.4 Å². The summed E-state index contributed by atoms with van der Waals surface area (Å²) < 4.78 is 7.06. The Labute approximate surface area is 106 Å². The van der Waals surface area contributed by atoms with Gasteiger partial charge in [0, 0.05) is 18.3 Å². The molecular weight excluding hydrogens is 232 g/mol. The van der Waals surface area contributed by atoms with E-state index in [4.69, 9.17) is 10.5 Å². The fourth-order valence-electron chi connectivity index (χ4n) is 1.88. The van der Waals surface area contributed by atoms with Crippen LogP contribution < -0.4 is 11.1 Å². The maximum Gasteiger partial charge on any atom is 0.234 e.